The molecule has 0 aromatic heterocycles. The first-order chi connectivity index (χ1) is 7.74. The van der Waals surface area contributed by atoms with Gasteiger partial charge in [-0.2, -0.15) is 0 Å². The molecule has 1 N–H and O–H groups in total. The van der Waals surface area contributed by atoms with Crippen molar-refractivity contribution in [1.29, 1.82) is 0 Å². The number of hydrogen-bond acceptors (Lipinski definition) is 4. The molecule has 0 aromatic carbocycles. The molecule has 5 nitrogen and oxygen atoms in total. The molecule has 1 saturated carbocycles. The van der Waals surface area contributed by atoms with Gasteiger partial charge in [0.15, 0.2) is 0 Å². The normalized spacial score (nSPS) is 31.9. The summed E-state index contributed by atoms with van der Waals surface area (Å²) in [4.78, 5) is 24.7. The quantitative estimate of drug-likeness (QED) is 0.670. The lowest BCUT2D eigenvalue weighted by molar-refractivity contribution is -0.164. The Hall–Kier alpha value is -0.940. The summed E-state index contributed by atoms with van der Waals surface area (Å²) < 4.78 is 4.88. The molecule has 1 aliphatic heterocycles. The van der Waals surface area contributed by atoms with Crippen LogP contribution in [0.15, 0.2) is 0 Å². The molecule has 5 heteroatoms. The molecular formula is C11H17NO4. The van der Waals surface area contributed by atoms with Crippen LogP contribution >= 0.6 is 0 Å². The predicted octanol–water partition coefficient (Wildman–Crippen LogP) is -0.0771. The van der Waals surface area contributed by atoms with E-state index in [2.05, 4.69) is 0 Å². The maximum absolute atomic E-state index is 11.7. The van der Waals surface area contributed by atoms with Gasteiger partial charge in [0.05, 0.1) is 0 Å². The number of carbonyl (C=O) groups excluding carboxylic acids is 2. The first-order valence-corrected chi connectivity index (χ1v) is 5.77. The number of carbonyl (C=O) groups is 2. The Kier molecular flexibility index (Phi) is 3.56. The van der Waals surface area contributed by atoms with E-state index in [1.54, 1.807) is 0 Å². The van der Waals surface area contributed by atoms with Gasteiger partial charge >= 0.3 is 0 Å². The number of aliphatic hydroxyl groups excluding tert-OH is 1. The van der Waals surface area contributed by atoms with Gasteiger partial charge in [-0.25, -0.2) is 0 Å². The summed E-state index contributed by atoms with van der Waals surface area (Å²) in [7, 11) is 0. The van der Waals surface area contributed by atoms with Crippen LogP contribution in [0.5, 0.6) is 0 Å². The largest absolute Gasteiger partial charge is 0.396 e. The van der Waals surface area contributed by atoms with E-state index in [1.165, 1.54) is 4.90 Å². The second kappa shape index (κ2) is 4.93. The minimum Gasteiger partial charge on any atom is -0.396 e. The lowest BCUT2D eigenvalue weighted by Gasteiger charge is -2.39. The Balaban J connectivity index is 2.13. The first-order valence-electron chi connectivity index (χ1n) is 5.77. The third-order valence-electron chi connectivity index (χ3n) is 3.42. The van der Waals surface area contributed by atoms with Gasteiger partial charge in [0.25, 0.3) is 11.8 Å². The van der Waals surface area contributed by atoms with Crippen molar-refractivity contribution in [2.45, 2.75) is 31.7 Å². The van der Waals surface area contributed by atoms with Gasteiger partial charge in [-0.15, -0.1) is 0 Å². The van der Waals surface area contributed by atoms with Crippen molar-refractivity contribution in [3.8, 4) is 0 Å². The Morgan fingerprint density at radius 3 is 2.44 bits per heavy atom. The van der Waals surface area contributed by atoms with E-state index in [4.69, 9.17) is 4.74 Å². The Morgan fingerprint density at radius 1 is 1.19 bits per heavy atom. The zero-order valence-electron chi connectivity index (χ0n) is 9.22. The molecule has 1 aliphatic carbocycles. The van der Waals surface area contributed by atoms with Crippen molar-refractivity contribution < 1.29 is 19.4 Å². The maximum atomic E-state index is 11.7. The smallest absolute Gasteiger partial charge is 0.255 e. The van der Waals surface area contributed by atoms with Gasteiger partial charge in [-0.05, 0) is 12.8 Å². The number of rotatable bonds is 2. The van der Waals surface area contributed by atoms with Gasteiger partial charge in [-0.1, -0.05) is 12.8 Å². The molecule has 1 saturated heterocycles. The fourth-order valence-corrected chi connectivity index (χ4v) is 2.61. The third-order valence-corrected chi connectivity index (χ3v) is 3.42. The number of imide groups is 1. The van der Waals surface area contributed by atoms with Crippen LogP contribution in [0.2, 0.25) is 0 Å². The number of amides is 2. The molecule has 0 aromatic rings. The second-order valence-electron chi connectivity index (χ2n) is 4.44. The van der Waals surface area contributed by atoms with Gasteiger partial charge in [0.1, 0.15) is 13.2 Å². The topological polar surface area (TPSA) is 66.8 Å². The van der Waals surface area contributed by atoms with Crippen molar-refractivity contribution in [2.75, 3.05) is 19.8 Å². The van der Waals surface area contributed by atoms with E-state index in [0.29, 0.717) is 0 Å². The number of nitrogens with zero attached hydrogens (tertiary/aromatic N) is 1. The molecule has 2 rings (SSSR count). The Morgan fingerprint density at radius 2 is 1.81 bits per heavy atom. The molecule has 2 atom stereocenters. The van der Waals surface area contributed by atoms with Crippen LogP contribution in [-0.2, 0) is 14.3 Å². The van der Waals surface area contributed by atoms with Crippen LogP contribution in [0.1, 0.15) is 25.7 Å². The number of aliphatic hydroxyl groups is 1. The maximum Gasteiger partial charge on any atom is 0.255 e. The number of hydrogen-bond donors (Lipinski definition) is 1. The van der Waals surface area contributed by atoms with E-state index in [0.717, 1.165) is 25.7 Å². The highest BCUT2D eigenvalue weighted by Gasteiger charge is 2.38. The van der Waals surface area contributed by atoms with Crippen molar-refractivity contribution >= 4 is 11.8 Å². The van der Waals surface area contributed by atoms with Crippen molar-refractivity contribution in [3.63, 3.8) is 0 Å². The second-order valence-corrected chi connectivity index (χ2v) is 4.44. The molecule has 0 spiro atoms. The molecule has 2 fully saturated rings. The zero-order valence-corrected chi connectivity index (χ0v) is 9.22. The van der Waals surface area contributed by atoms with E-state index in [9.17, 15) is 14.7 Å². The molecule has 2 amide bonds. The highest BCUT2D eigenvalue weighted by molar-refractivity contribution is 5.98. The third kappa shape index (κ3) is 2.10. The Bertz CT molecular complexity index is 276. The van der Waals surface area contributed by atoms with Crippen molar-refractivity contribution in [3.05, 3.63) is 0 Å². The predicted molar refractivity (Wildman–Crippen MR) is 55.5 cm³/mol. The monoisotopic (exact) mass is 227 g/mol. The van der Waals surface area contributed by atoms with Gasteiger partial charge in [-0.3, -0.25) is 14.5 Å². The average molecular weight is 227 g/mol. The van der Waals surface area contributed by atoms with E-state index in [-0.39, 0.29) is 43.6 Å². The van der Waals surface area contributed by atoms with Crippen LogP contribution in [-0.4, -0.2) is 47.7 Å². The number of morpholine rings is 1. The highest BCUT2D eigenvalue weighted by Crippen LogP contribution is 2.29. The van der Waals surface area contributed by atoms with Crippen LogP contribution in [0.3, 0.4) is 0 Å². The molecule has 1 heterocycles. The highest BCUT2D eigenvalue weighted by atomic mass is 16.5. The van der Waals surface area contributed by atoms with E-state index >= 15 is 0 Å². The minimum absolute atomic E-state index is 0.0135. The van der Waals surface area contributed by atoms with Gasteiger partial charge in [0, 0.05) is 18.6 Å². The van der Waals surface area contributed by atoms with Crippen molar-refractivity contribution in [1.82, 2.24) is 4.90 Å². The molecule has 2 unspecified atom stereocenters. The Labute approximate surface area is 94.4 Å². The van der Waals surface area contributed by atoms with E-state index < -0.39 is 0 Å². The van der Waals surface area contributed by atoms with Crippen LogP contribution in [0.4, 0.5) is 0 Å². The summed E-state index contributed by atoms with van der Waals surface area (Å²) in [5.41, 5.74) is 0. The SMILES string of the molecule is O=C1COCC(=O)N1C1CCCCC1CO. The minimum atomic E-state index is -0.262. The molecule has 0 radical (unpaired) electrons. The summed E-state index contributed by atoms with van der Waals surface area (Å²) in [6.45, 7) is 0.0172. The average Bonchev–Trinajstić information content (AvgIpc) is 2.29. The molecular weight excluding hydrogens is 210 g/mol. The van der Waals surface area contributed by atoms with Crippen LogP contribution in [0.25, 0.3) is 0 Å². The zero-order chi connectivity index (χ0) is 11.5. The van der Waals surface area contributed by atoms with Crippen LogP contribution < -0.4 is 0 Å². The number of ether oxygens (including phenoxy) is 1. The fourth-order valence-electron chi connectivity index (χ4n) is 2.61. The molecule has 0 bridgehead atoms. The molecule has 16 heavy (non-hydrogen) atoms. The van der Waals surface area contributed by atoms with Gasteiger partial charge < -0.3 is 9.84 Å². The summed E-state index contributed by atoms with van der Waals surface area (Å²) >= 11 is 0. The summed E-state index contributed by atoms with van der Waals surface area (Å²) in [6.07, 6.45) is 3.77. The lowest BCUT2D eigenvalue weighted by Crippen LogP contribution is -2.55. The summed E-state index contributed by atoms with van der Waals surface area (Å²) in [5.74, 6) is -0.483. The summed E-state index contributed by atoms with van der Waals surface area (Å²) in [6, 6.07) is -0.123. The van der Waals surface area contributed by atoms with Crippen LogP contribution in [0, 0.1) is 5.92 Å². The molecule has 2 aliphatic rings. The fraction of sp³-hybridized carbons (Fsp3) is 0.818. The lowest BCUT2D eigenvalue weighted by atomic mass is 9.84. The standard InChI is InChI=1S/C11H17NO4/c13-5-8-3-1-2-4-9(8)12-10(14)6-16-7-11(12)15/h8-9,13H,1-7H2. The first kappa shape index (κ1) is 11.5. The van der Waals surface area contributed by atoms with Crippen molar-refractivity contribution in [2.24, 2.45) is 5.92 Å². The van der Waals surface area contributed by atoms with E-state index in [1.807, 2.05) is 0 Å². The summed E-state index contributed by atoms with van der Waals surface area (Å²) in [5, 5.41) is 9.28. The van der Waals surface area contributed by atoms with Gasteiger partial charge in [0.2, 0.25) is 0 Å². The molecule has 90 valence electrons.